The van der Waals surface area contributed by atoms with Crippen LogP contribution in [-0.4, -0.2) is 27.8 Å². The van der Waals surface area contributed by atoms with Crippen molar-refractivity contribution in [3.63, 3.8) is 0 Å². The van der Waals surface area contributed by atoms with Crippen molar-refractivity contribution in [1.29, 1.82) is 0 Å². The van der Waals surface area contributed by atoms with Crippen LogP contribution in [0.5, 0.6) is 0 Å². The molecule has 0 spiro atoms. The molecule has 124 valence electrons. The molecule has 3 rings (SSSR count). The molecular weight excluding hydrogens is 326 g/mol. The van der Waals surface area contributed by atoms with E-state index in [2.05, 4.69) is 15.5 Å². The molecule has 0 bridgehead atoms. The Labute approximate surface area is 143 Å². The first-order valence-electron chi connectivity index (χ1n) is 7.61. The number of carbonyl (C=O) groups excluding carboxylic acids is 1. The lowest BCUT2D eigenvalue weighted by molar-refractivity contribution is -0.116. The molecule has 7 heteroatoms. The number of aryl methyl sites for hydroxylation is 1. The lowest BCUT2D eigenvalue weighted by Gasteiger charge is -2.05. The van der Waals surface area contributed by atoms with Gasteiger partial charge in [-0.3, -0.25) is 4.79 Å². The van der Waals surface area contributed by atoms with E-state index in [0.29, 0.717) is 24.6 Å². The van der Waals surface area contributed by atoms with E-state index in [1.54, 1.807) is 11.3 Å². The van der Waals surface area contributed by atoms with Gasteiger partial charge in [-0.2, -0.15) is 4.98 Å². The fourth-order valence-electron chi connectivity index (χ4n) is 2.19. The fourth-order valence-corrected chi connectivity index (χ4v) is 2.84. The van der Waals surface area contributed by atoms with Gasteiger partial charge >= 0.3 is 0 Å². The highest BCUT2D eigenvalue weighted by Crippen LogP contribution is 2.21. The summed E-state index contributed by atoms with van der Waals surface area (Å²) < 4.78 is 5.17. The number of thiophene rings is 1. The summed E-state index contributed by atoms with van der Waals surface area (Å²) in [7, 11) is 0. The second-order valence-corrected chi connectivity index (χ2v) is 6.16. The first-order valence-corrected chi connectivity index (χ1v) is 8.48. The molecule has 3 aromatic rings. The first-order chi connectivity index (χ1) is 11.7. The lowest BCUT2D eigenvalue weighted by Crippen LogP contribution is -2.12. The number of anilines is 1. The molecule has 0 unspecified atom stereocenters. The van der Waals surface area contributed by atoms with Crippen molar-refractivity contribution in [2.75, 3.05) is 11.9 Å². The number of nitrogens with one attached hydrogen (secondary N) is 1. The Bertz CT molecular complexity index is 782. The van der Waals surface area contributed by atoms with E-state index >= 15 is 0 Å². The minimum Gasteiger partial charge on any atom is -0.396 e. The average Bonchev–Trinajstić information content (AvgIpc) is 3.26. The third-order valence-electron chi connectivity index (χ3n) is 3.41. The maximum Gasteiger partial charge on any atom is 0.227 e. The van der Waals surface area contributed by atoms with Crippen LogP contribution >= 0.6 is 11.3 Å². The van der Waals surface area contributed by atoms with Gasteiger partial charge in [-0.25, -0.2) is 0 Å². The second kappa shape index (κ2) is 7.85. The number of nitrogens with zero attached hydrogens (tertiary/aromatic N) is 2. The predicted molar refractivity (Wildman–Crippen MR) is 91.8 cm³/mol. The molecule has 0 radical (unpaired) electrons. The number of aliphatic hydroxyl groups excluding tert-OH is 1. The van der Waals surface area contributed by atoms with Crippen molar-refractivity contribution in [2.45, 2.75) is 19.3 Å². The summed E-state index contributed by atoms with van der Waals surface area (Å²) in [5.41, 5.74) is 1.76. The molecule has 2 N–H and O–H groups in total. The number of carbonyl (C=O) groups is 1. The van der Waals surface area contributed by atoms with Gasteiger partial charge in [0, 0.05) is 25.1 Å². The van der Waals surface area contributed by atoms with Crippen molar-refractivity contribution < 1.29 is 14.4 Å². The second-order valence-electron chi connectivity index (χ2n) is 5.21. The van der Waals surface area contributed by atoms with E-state index in [9.17, 15) is 4.79 Å². The molecule has 1 aromatic carbocycles. The molecule has 1 amide bonds. The summed E-state index contributed by atoms with van der Waals surface area (Å²) >= 11 is 1.54. The Morgan fingerprint density at radius 3 is 2.75 bits per heavy atom. The Morgan fingerprint density at radius 2 is 2.04 bits per heavy atom. The molecular formula is C17H17N3O3S. The molecule has 0 fully saturated rings. The maximum absolute atomic E-state index is 12.0. The van der Waals surface area contributed by atoms with Crippen molar-refractivity contribution >= 4 is 22.9 Å². The lowest BCUT2D eigenvalue weighted by atomic mass is 10.1. The van der Waals surface area contributed by atoms with E-state index in [-0.39, 0.29) is 18.9 Å². The van der Waals surface area contributed by atoms with Gasteiger partial charge in [-0.05, 0) is 35.6 Å². The third kappa shape index (κ3) is 4.27. The molecule has 24 heavy (non-hydrogen) atoms. The monoisotopic (exact) mass is 343 g/mol. The molecule has 2 aromatic heterocycles. The van der Waals surface area contributed by atoms with Gasteiger partial charge in [0.2, 0.25) is 17.6 Å². The number of amides is 1. The minimum atomic E-state index is -0.110. The fraction of sp³-hybridized carbons (Fsp3) is 0.235. The van der Waals surface area contributed by atoms with Crippen LogP contribution in [0.15, 0.2) is 46.3 Å². The largest absolute Gasteiger partial charge is 0.396 e. The topological polar surface area (TPSA) is 88.2 Å². The Kier molecular flexibility index (Phi) is 5.35. The molecule has 2 heterocycles. The van der Waals surface area contributed by atoms with E-state index in [1.807, 2.05) is 41.8 Å². The molecule has 0 aliphatic carbocycles. The van der Waals surface area contributed by atoms with Crippen LogP contribution in [0.2, 0.25) is 0 Å². The molecule has 0 saturated carbocycles. The van der Waals surface area contributed by atoms with Crippen LogP contribution in [0.25, 0.3) is 10.7 Å². The van der Waals surface area contributed by atoms with E-state index in [4.69, 9.17) is 9.63 Å². The minimum absolute atomic E-state index is 0.110. The molecule has 0 atom stereocenters. The van der Waals surface area contributed by atoms with Gasteiger partial charge in [0.05, 0.1) is 4.88 Å². The van der Waals surface area contributed by atoms with Crippen LogP contribution in [0.4, 0.5) is 5.69 Å². The molecule has 6 nitrogen and oxygen atoms in total. The summed E-state index contributed by atoms with van der Waals surface area (Å²) in [5, 5.41) is 17.6. The standard InChI is InChI=1S/C17H17N3O3S/c21-10-9-12-3-5-13(6-4-12)18-15(22)7-8-16-19-17(20-23-16)14-2-1-11-24-14/h1-6,11,21H,7-10H2,(H,18,22). The van der Waals surface area contributed by atoms with Crippen molar-refractivity contribution in [3.05, 3.63) is 53.2 Å². The van der Waals surface area contributed by atoms with Gasteiger partial charge in [-0.1, -0.05) is 23.4 Å². The van der Waals surface area contributed by atoms with E-state index in [0.717, 1.165) is 16.1 Å². The number of aliphatic hydroxyl groups is 1. The Hall–Kier alpha value is -2.51. The highest BCUT2D eigenvalue weighted by atomic mass is 32.1. The van der Waals surface area contributed by atoms with Crippen molar-refractivity contribution in [1.82, 2.24) is 10.1 Å². The van der Waals surface area contributed by atoms with Gasteiger partial charge in [-0.15, -0.1) is 11.3 Å². The number of aromatic nitrogens is 2. The van der Waals surface area contributed by atoms with Crippen LogP contribution in [0.1, 0.15) is 17.9 Å². The third-order valence-corrected chi connectivity index (χ3v) is 4.28. The average molecular weight is 343 g/mol. The SMILES string of the molecule is O=C(CCc1nc(-c2cccs2)no1)Nc1ccc(CCO)cc1. The van der Waals surface area contributed by atoms with Crippen LogP contribution < -0.4 is 5.32 Å². The molecule has 0 aliphatic heterocycles. The van der Waals surface area contributed by atoms with Crippen LogP contribution in [-0.2, 0) is 17.6 Å². The highest BCUT2D eigenvalue weighted by Gasteiger charge is 2.11. The van der Waals surface area contributed by atoms with Crippen molar-refractivity contribution in [3.8, 4) is 10.7 Å². The van der Waals surface area contributed by atoms with Gasteiger partial charge in [0.1, 0.15) is 0 Å². The summed E-state index contributed by atoms with van der Waals surface area (Å²) in [4.78, 5) is 17.2. The smallest absolute Gasteiger partial charge is 0.227 e. The van der Waals surface area contributed by atoms with Crippen molar-refractivity contribution in [2.24, 2.45) is 0 Å². The zero-order valence-corrected chi connectivity index (χ0v) is 13.8. The number of benzene rings is 1. The molecule has 0 saturated heterocycles. The van der Waals surface area contributed by atoms with Gasteiger partial charge in [0.25, 0.3) is 0 Å². The normalized spacial score (nSPS) is 10.7. The first kappa shape index (κ1) is 16.4. The Morgan fingerprint density at radius 1 is 1.21 bits per heavy atom. The van der Waals surface area contributed by atoms with Gasteiger partial charge < -0.3 is 14.9 Å². The zero-order chi connectivity index (χ0) is 16.8. The quantitative estimate of drug-likeness (QED) is 0.689. The summed E-state index contributed by atoms with van der Waals surface area (Å²) in [6.07, 6.45) is 1.27. The van der Waals surface area contributed by atoms with Crippen LogP contribution in [0.3, 0.4) is 0 Å². The summed E-state index contributed by atoms with van der Waals surface area (Å²) in [5.74, 6) is 0.896. The number of hydrogen-bond acceptors (Lipinski definition) is 6. The maximum atomic E-state index is 12.0. The molecule has 0 aliphatic rings. The number of rotatable bonds is 7. The highest BCUT2D eigenvalue weighted by molar-refractivity contribution is 7.13. The summed E-state index contributed by atoms with van der Waals surface area (Å²) in [6, 6.07) is 11.3. The number of hydrogen-bond donors (Lipinski definition) is 2. The predicted octanol–water partition coefficient (Wildman–Crippen LogP) is 2.90. The zero-order valence-electron chi connectivity index (χ0n) is 12.9. The van der Waals surface area contributed by atoms with E-state index < -0.39 is 0 Å². The van der Waals surface area contributed by atoms with Gasteiger partial charge in [0.15, 0.2) is 0 Å². The van der Waals surface area contributed by atoms with Crippen LogP contribution in [0, 0.1) is 0 Å². The summed E-state index contributed by atoms with van der Waals surface area (Å²) in [6.45, 7) is 0.114. The Balaban J connectivity index is 1.50. The van der Waals surface area contributed by atoms with E-state index in [1.165, 1.54) is 0 Å².